The molecule has 1 heterocycles. The molecule has 2 rings (SSSR count). The third-order valence-electron chi connectivity index (χ3n) is 1.92. The maximum absolute atomic E-state index is 11.0. The number of nitrogens with one attached hydrogen (secondary N) is 1. The smallest absolute Gasteiger partial charge is 0.248 e. The largest absolute Gasteiger partial charge is 0.326 e. The third-order valence-corrected chi connectivity index (χ3v) is 2.55. The summed E-state index contributed by atoms with van der Waals surface area (Å²) in [6.07, 6.45) is 4.97. The second-order valence-corrected chi connectivity index (χ2v) is 4.01. The highest BCUT2D eigenvalue weighted by molar-refractivity contribution is 9.09. The summed E-state index contributed by atoms with van der Waals surface area (Å²) in [7, 11) is 0. The number of hydrogen-bond acceptors (Lipinski definition) is 1. The molecule has 0 aromatic carbocycles. The van der Waals surface area contributed by atoms with Gasteiger partial charge in [0.2, 0.25) is 5.56 Å². The van der Waals surface area contributed by atoms with E-state index in [4.69, 9.17) is 0 Å². The molecule has 3 heteroatoms. The van der Waals surface area contributed by atoms with Crippen molar-refractivity contribution in [3.8, 4) is 0 Å². The Labute approximate surface area is 78.4 Å². The van der Waals surface area contributed by atoms with Crippen molar-refractivity contribution in [3.05, 3.63) is 39.8 Å². The Kier molecular flexibility index (Phi) is 1.89. The molecule has 0 aliphatic heterocycles. The molecule has 0 spiro atoms. The van der Waals surface area contributed by atoms with E-state index in [1.54, 1.807) is 6.07 Å². The first-order chi connectivity index (χ1) is 5.75. The average Bonchev–Trinajstić information content (AvgIpc) is 2.03. The van der Waals surface area contributed by atoms with Crippen LogP contribution in [-0.2, 0) is 6.42 Å². The van der Waals surface area contributed by atoms with Crippen LogP contribution < -0.4 is 5.56 Å². The highest BCUT2D eigenvalue weighted by Crippen LogP contribution is 2.19. The second kappa shape index (κ2) is 2.90. The Morgan fingerprint density at radius 1 is 1.50 bits per heavy atom. The van der Waals surface area contributed by atoms with Crippen LogP contribution in [0.15, 0.2) is 23.0 Å². The number of allylic oxidation sites excluding steroid dienone is 1. The molecule has 1 aromatic heterocycles. The van der Waals surface area contributed by atoms with Crippen LogP contribution in [0.4, 0.5) is 0 Å². The maximum Gasteiger partial charge on any atom is 0.248 e. The van der Waals surface area contributed by atoms with E-state index >= 15 is 0 Å². The van der Waals surface area contributed by atoms with Gasteiger partial charge < -0.3 is 4.98 Å². The monoisotopic (exact) mass is 225 g/mol. The van der Waals surface area contributed by atoms with Crippen molar-refractivity contribution in [2.24, 2.45) is 0 Å². The van der Waals surface area contributed by atoms with Gasteiger partial charge in [-0.1, -0.05) is 28.1 Å². The first-order valence-electron chi connectivity index (χ1n) is 3.80. The van der Waals surface area contributed by atoms with Gasteiger partial charge in [0.25, 0.3) is 0 Å². The minimum atomic E-state index is -0.0243. The highest BCUT2D eigenvalue weighted by atomic mass is 79.9. The number of halogens is 1. The van der Waals surface area contributed by atoms with E-state index in [9.17, 15) is 4.79 Å². The molecule has 1 aliphatic rings. The number of aromatic amines is 1. The van der Waals surface area contributed by atoms with E-state index in [-0.39, 0.29) is 5.56 Å². The van der Waals surface area contributed by atoms with E-state index in [0.29, 0.717) is 4.83 Å². The lowest BCUT2D eigenvalue weighted by atomic mass is 10.0. The van der Waals surface area contributed by atoms with Crippen molar-refractivity contribution in [1.29, 1.82) is 0 Å². The number of alkyl halides is 1. The average molecular weight is 226 g/mol. The number of pyridine rings is 1. The van der Waals surface area contributed by atoms with Gasteiger partial charge in [-0.15, -0.1) is 0 Å². The van der Waals surface area contributed by atoms with Crippen LogP contribution in [0.5, 0.6) is 0 Å². The van der Waals surface area contributed by atoms with Crippen LogP contribution in [0.25, 0.3) is 6.08 Å². The Bertz CT molecular complexity index is 380. The first-order valence-corrected chi connectivity index (χ1v) is 4.72. The molecule has 1 unspecified atom stereocenters. The summed E-state index contributed by atoms with van der Waals surface area (Å²) in [5, 5.41) is 0. The molecular formula is C9H8BrNO. The lowest BCUT2D eigenvalue weighted by molar-refractivity contribution is 0.938. The molecule has 0 saturated heterocycles. The van der Waals surface area contributed by atoms with Crippen molar-refractivity contribution in [1.82, 2.24) is 4.98 Å². The van der Waals surface area contributed by atoms with Gasteiger partial charge in [-0.25, -0.2) is 0 Å². The van der Waals surface area contributed by atoms with Crippen LogP contribution in [0.1, 0.15) is 11.3 Å². The quantitative estimate of drug-likeness (QED) is 0.671. The minimum absolute atomic E-state index is 0.0243. The zero-order valence-corrected chi connectivity index (χ0v) is 7.97. The predicted molar refractivity (Wildman–Crippen MR) is 52.5 cm³/mol. The van der Waals surface area contributed by atoms with Crippen molar-refractivity contribution in [3.63, 3.8) is 0 Å². The molecule has 1 atom stereocenters. The normalized spacial score (nSPS) is 20.6. The van der Waals surface area contributed by atoms with Crippen molar-refractivity contribution < 1.29 is 0 Å². The van der Waals surface area contributed by atoms with Crippen LogP contribution in [-0.4, -0.2) is 9.81 Å². The number of fused-ring (bicyclic) bond motifs is 1. The Balaban J connectivity index is 2.54. The van der Waals surface area contributed by atoms with E-state index < -0.39 is 0 Å². The molecule has 1 N–H and O–H groups in total. The Morgan fingerprint density at radius 2 is 2.33 bits per heavy atom. The number of hydrogen-bond donors (Lipinski definition) is 1. The lowest BCUT2D eigenvalue weighted by Crippen LogP contribution is -2.14. The van der Waals surface area contributed by atoms with Gasteiger partial charge in [0.1, 0.15) is 0 Å². The Morgan fingerprint density at radius 3 is 3.17 bits per heavy atom. The van der Waals surface area contributed by atoms with E-state index in [2.05, 4.69) is 27.0 Å². The fraction of sp³-hybridized carbons (Fsp3) is 0.222. The summed E-state index contributed by atoms with van der Waals surface area (Å²) in [5.74, 6) is 0. The molecule has 0 amide bonds. The molecule has 0 fully saturated rings. The van der Waals surface area contributed by atoms with Gasteiger partial charge >= 0.3 is 0 Å². The molecule has 1 aromatic rings. The molecule has 1 aliphatic carbocycles. The fourth-order valence-electron chi connectivity index (χ4n) is 1.32. The molecule has 62 valence electrons. The molecule has 12 heavy (non-hydrogen) atoms. The lowest BCUT2D eigenvalue weighted by Gasteiger charge is -2.12. The third kappa shape index (κ3) is 1.37. The van der Waals surface area contributed by atoms with Gasteiger partial charge in [0, 0.05) is 23.0 Å². The van der Waals surface area contributed by atoms with Gasteiger partial charge in [0.05, 0.1) is 0 Å². The maximum atomic E-state index is 11.0. The van der Waals surface area contributed by atoms with E-state index in [0.717, 1.165) is 17.7 Å². The highest BCUT2D eigenvalue weighted by Gasteiger charge is 2.10. The molecule has 0 radical (unpaired) electrons. The number of H-pyrrole nitrogens is 1. The zero-order chi connectivity index (χ0) is 8.55. The summed E-state index contributed by atoms with van der Waals surface area (Å²) in [4.78, 5) is 14.1. The molecular weight excluding hydrogens is 218 g/mol. The Hall–Kier alpha value is -0.830. The SMILES string of the molecule is O=c1ccc2c([nH]1)CC(Br)C=C2. The second-order valence-electron chi connectivity index (χ2n) is 2.84. The number of rotatable bonds is 0. The predicted octanol–water partition coefficient (Wildman–Crippen LogP) is 1.71. The van der Waals surface area contributed by atoms with Crippen molar-refractivity contribution >= 4 is 22.0 Å². The van der Waals surface area contributed by atoms with Crippen LogP contribution in [0.3, 0.4) is 0 Å². The molecule has 2 nitrogen and oxygen atoms in total. The van der Waals surface area contributed by atoms with Gasteiger partial charge in [-0.2, -0.15) is 0 Å². The van der Waals surface area contributed by atoms with Crippen LogP contribution in [0, 0.1) is 0 Å². The van der Waals surface area contributed by atoms with Gasteiger partial charge in [0.15, 0.2) is 0 Å². The first kappa shape index (κ1) is 7.80. The van der Waals surface area contributed by atoms with Crippen molar-refractivity contribution in [2.45, 2.75) is 11.2 Å². The van der Waals surface area contributed by atoms with Gasteiger partial charge in [-0.05, 0) is 11.6 Å². The summed E-state index contributed by atoms with van der Waals surface area (Å²) in [6, 6.07) is 3.40. The summed E-state index contributed by atoms with van der Waals surface area (Å²) in [6.45, 7) is 0. The van der Waals surface area contributed by atoms with Crippen LogP contribution >= 0.6 is 15.9 Å². The zero-order valence-electron chi connectivity index (χ0n) is 6.38. The van der Waals surface area contributed by atoms with E-state index in [1.165, 1.54) is 0 Å². The molecule has 0 bridgehead atoms. The van der Waals surface area contributed by atoms with Gasteiger partial charge in [-0.3, -0.25) is 4.79 Å². The molecule has 0 saturated carbocycles. The minimum Gasteiger partial charge on any atom is -0.326 e. The topological polar surface area (TPSA) is 32.9 Å². The summed E-state index contributed by atoms with van der Waals surface area (Å²) >= 11 is 3.47. The number of aromatic nitrogens is 1. The fourth-order valence-corrected chi connectivity index (χ4v) is 1.80. The van der Waals surface area contributed by atoms with Crippen molar-refractivity contribution in [2.75, 3.05) is 0 Å². The standard InChI is InChI=1S/C9H8BrNO/c10-7-3-1-6-2-4-9(12)11-8(6)5-7/h1-4,7H,5H2,(H,11,12). The van der Waals surface area contributed by atoms with E-state index in [1.807, 2.05) is 12.1 Å². The summed E-state index contributed by atoms with van der Waals surface area (Å²) < 4.78 is 0. The summed E-state index contributed by atoms with van der Waals surface area (Å²) in [5.41, 5.74) is 2.11. The van der Waals surface area contributed by atoms with Crippen LogP contribution in [0.2, 0.25) is 0 Å².